The van der Waals surface area contributed by atoms with E-state index in [2.05, 4.69) is 28.1 Å². The molecule has 1 aliphatic carbocycles. The first-order valence-corrected chi connectivity index (χ1v) is 10.3. The minimum absolute atomic E-state index is 0.153. The van der Waals surface area contributed by atoms with E-state index in [-0.39, 0.29) is 12.3 Å². The predicted molar refractivity (Wildman–Crippen MR) is 110 cm³/mol. The molecule has 3 rings (SSSR count). The van der Waals surface area contributed by atoms with Crippen LogP contribution in [0.4, 0.5) is 0 Å². The molecule has 26 heavy (non-hydrogen) atoms. The maximum Gasteiger partial charge on any atom is 0.245 e. The smallest absolute Gasteiger partial charge is 0.245 e. The van der Waals surface area contributed by atoms with Gasteiger partial charge in [-0.15, -0.1) is 11.3 Å². The molecule has 2 atom stereocenters. The number of hydrazine groups is 1. The SMILES string of the molecule is C[C@@H]1CCCC[C@H]1NC(=S)NNC(=O)Cc1nc(-c2ccccc2)cs1. The molecule has 0 saturated heterocycles. The highest BCUT2D eigenvalue weighted by Gasteiger charge is 2.21. The van der Waals surface area contributed by atoms with Crippen LogP contribution in [0.25, 0.3) is 11.3 Å². The Labute approximate surface area is 163 Å². The van der Waals surface area contributed by atoms with Crippen molar-refractivity contribution in [3.8, 4) is 11.3 Å². The molecule has 1 aliphatic rings. The molecule has 7 heteroatoms. The van der Waals surface area contributed by atoms with E-state index in [4.69, 9.17) is 12.2 Å². The van der Waals surface area contributed by atoms with Crippen molar-refractivity contribution in [1.29, 1.82) is 0 Å². The fourth-order valence-electron chi connectivity index (χ4n) is 3.18. The Balaban J connectivity index is 1.44. The number of nitrogens with one attached hydrogen (secondary N) is 3. The van der Waals surface area contributed by atoms with E-state index in [0.29, 0.717) is 17.1 Å². The molecule has 3 N–H and O–H groups in total. The third-order valence-electron chi connectivity index (χ3n) is 4.68. The number of nitrogens with zero attached hydrogens (tertiary/aromatic N) is 1. The summed E-state index contributed by atoms with van der Waals surface area (Å²) in [6, 6.07) is 10.3. The molecule has 1 fully saturated rings. The third kappa shape index (κ3) is 5.25. The van der Waals surface area contributed by atoms with E-state index < -0.39 is 0 Å². The van der Waals surface area contributed by atoms with Crippen LogP contribution in [0.1, 0.15) is 37.6 Å². The van der Waals surface area contributed by atoms with Gasteiger partial charge in [0.15, 0.2) is 5.11 Å². The van der Waals surface area contributed by atoms with Gasteiger partial charge in [0.1, 0.15) is 5.01 Å². The molecule has 0 unspecified atom stereocenters. The van der Waals surface area contributed by atoms with Crippen molar-refractivity contribution in [1.82, 2.24) is 21.2 Å². The molecule has 1 amide bonds. The van der Waals surface area contributed by atoms with Crippen LogP contribution in [0.3, 0.4) is 0 Å². The van der Waals surface area contributed by atoms with Gasteiger partial charge in [-0.2, -0.15) is 0 Å². The second-order valence-corrected chi connectivity index (χ2v) is 8.04. The number of carbonyl (C=O) groups excluding carboxylic acids is 1. The number of amides is 1. The molecule has 1 aromatic carbocycles. The summed E-state index contributed by atoms with van der Waals surface area (Å²) in [7, 11) is 0. The van der Waals surface area contributed by atoms with Crippen LogP contribution in [0.15, 0.2) is 35.7 Å². The average Bonchev–Trinajstić information content (AvgIpc) is 3.11. The van der Waals surface area contributed by atoms with Gasteiger partial charge >= 0.3 is 0 Å². The highest BCUT2D eigenvalue weighted by molar-refractivity contribution is 7.80. The van der Waals surface area contributed by atoms with E-state index in [1.807, 2.05) is 35.7 Å². The lowest BCUT2D eigenvalue weighted by Gasteiger charge is -2.30. The number of thiazole rings is 1. The second kappa shape index (κ2) is 9.09. The molecule has 1 saturated carbocycles. The number of hydrogen-bond donors (Lipinski definition) is 3. The minimum atomic E-state index is -0.153. The van der Waals surface area contributed by atoms with Crippen molar-refractivity contribution < 1.29 is 4.79 Å². The Morgan fingerprint density at radius 1 is 1.23 bits per heavy atom. The topological polar surface area (TPSA) is 66.0 Å². The maximum absolute atomic E-state index is 12.1. The van der Waals surface area contributed by atoms with E-state index in [1.165, 1.54) is 30.6 Å². The van der Waals surface area contributed by atoms with Gasteiger partial charge in [-0.1, -0.05) is 50.1 Å². The van der Waals surface area contributed by atoms with Gasteiger partial charge in [0.05, 0.1) is 12.1 Å². The molecule has 1 heterocycles. The number of thiocarbonyl (C=S) groups is 1. The lowest BCUT2D eigenvalue weighted by atomic mass is 9.86. The fraction of sp³-hybridized carbons (Fsp3) is 0.421. The van der Waals surface area contributed by atoms with Crippen molar-refractivity contribution in [3.05, 3.63) is 40.7 Å². The third-order valence-corrected chi connectivity index (χ3v) is 5.75. The van der Waals surface area contributed by atoms with Crippen LogP contribution in [0.5, 0.6) is 0 Å². The first-order chi connectivity index (χ1) is 12.6. The quantitative estimate of drug-likeness (QED) is 0.553. The predicted octanol–water partition coefficient (Wildman–Crippen LogP) is 3.43. The summed E-state index contributed by atoms with van der Waals surface area (Å²) >= 11 is 6.78. The number of hydrogen-bond acceptors (Lipinski definition) is 4. The van der Waals surface area contributed by atoms with E-state index in [0.717, 1.165) is 22.7 Å². The Morgan fingerprint density at radius 3 is 2.77 bits per heavy atom. The lowest BCUT2D eigenvalue weighted by molar-refractivity contribution is -0.121. The van der Waals surface area contributed by atoms with Gasteiger partial charge in [-0.3, -0.25) is 15.6 Å². The van der Waals surface area contributed by atoms with Gasteiger partial charge < -0.3 is 5.32 Å². The summed E-state index contributed by atoms with van der Waals surface area (Å²) in [5, 5.41) is 6.53. The number of carbonyl (C=O) groups is 1. The molecule has 0 bridgehead atoms. The highest BCUT2D eigenvalue weighted by atomic mass is 32.1. The van der Waals surface area contributed by atoms with Crippen molar-refractivity contribution in [2.45, 2.75) is 45.1 Å². The zero-order chi connectivity index (χ0) is 18.4. The van der Waals surface area contributed by atoms with Crippen LogP contribution >= 0.6 is 23.6 Å². The molecule has 5 nitrogen and oxygen atoms in total. The molecule has 0 aliphatic heterocycles. The molecular formula is C19H24N4OS2. The summed E-state index contributed by atoms with van der Waals surface area (Å²) in [6.07, 6.45) is 5.09. The molecule has 2 aromatic rings. The monoisotopic (exact) mass is 388 g/mol. The van der Waals surface area contributed by atoms with Gasteiger partial charge in [0, 0.05) is 17.0 Å². The minimum Gasteiger partial charge on any atom is -0.358 e. The fourth-order valence-corrected chi connectivity index (χ4v) is 4.18. The summed E-state index contributed by atoms with van der Waals surface area (Å²) in [5.41, 5.74) is 7.42. The summed E-state index contributed by atoms with van der Waals surface area (Å²) < 4.78 is 0. The van der Waals surface area contributed by atoms with Crippen LogP contribution < -0.4 is 16.2 Å². The van der Waals surface area contributed by atoms with Crippen LogP contribution in [-0.2, 0) is 11.2 Å². The number of benzene rings is 1. The second-order valence-electron chi connectivity index (χ2n) is 6.68. The van der Waals surface area contributed by atoms with Crippen molar-refractivity contribution in [3.63, 3.8) is 0 Å². The average molecular weight is 389 g/mol. The largest absolute Gasteiger partial charge is 0.358 e. The van der Waals surface area contributed by atoms with Crippen molar-refractivity contribution in [2.75, 3.05) is 0 Å². The zero-order valence-corrected chi connectivity index (χ0v) is 16.5. The van der Waals surface area contributed by atoms with Crippen LogP contribution in [0, 0.1) is 5.92 Å². The zero-order valence-electron chi connectivity index (χ0n) is 14.8. The van der Waals surface area contributed by atoms with Gasteiger partial charge in [-0.05, 0) is 31.0 Å². The van der Waals surface area contributed by atoms with Gasteiger partial charge in [0.25, 0.3) is 0 Å². The molecule has 1 aromatic heterocycles. The van der Waals surface area contributed by atoms with E-state index in [1.54, 1.807) is 0 Å². The molecular weight excluding hydrogens is 364 g/mol. The Bertz CT molecular complexity index is 747. The van der Waals surface area contributed by atoms with Crippen LogP contribution in [0.2, 0.25) is 0 Å². The summed E-state index contributed by atoms with van der Waals surface area (Å²) in [6.45, 7) is 2.24. The van der Waals surface area contributed by atoms with E-state index in [9.17, 15) is 4.79 Å². The van der Waals surface area contributed by atoms with Crippen molar-refractivity contribution >= 4 is 34.6 Å². The standard InChI is InChI=1S/C19H24N4OS2/c1-13-7-5-6-10-15(13)21-19(25)23-22-17(24)11-18-20-16(12-26-18)14-8-3-2-4-9-14/h2-4,8-9,12-13,15H,5-7,10-11H2,1H3,(H,22,24)(H2,21,23,25)/t13-,15-/m1/s1. The van der Waals surface area contributed by atoms with Crippen LogP contribution in [-0.4, -0.2) is 22.0 Å². The first kappa shape index (κ1) is 18.8. The van der Waals surface area contributed by atoms with Crippen molar-refractivity contribution in [2.24, 2.45) is 5.92 Å². The van der Waals surface area contributed by atoms with Gasteiger partial charge in [-0.25, -0.2) is 4.98 Å². The summed E-state index contributed by atoms with van der Waals surface area (Å²) in [4.78, 5) is 16.7. The van der Waals surface area contributed by atoms with Gasteiger partial charge in [0.2, 0.25) is 5.91 Å². The summed E-state index contributed by atoms with van der Waals surface area (Å²) in [5.74, 6) is 0.450. The molecule has 0 spiro atoms. The Morgan fingerprint density at radius 2 is 2.00 bits per heavy atom. The number of aromatic nitrogens is 1. The Hall–Kier alpha value is -1.99. The lowest BCUT2D eigenvalue weighted by Crippen LogP contribution is -2.51. The highest BCUT2D eigenvalue weighted by Crippen LogP contribution is 2.23. The normalized spacial score (nSPS) is 19.6. The first-order valence-electron chi connectivity index (χ1n) is 8.97. The Kier molecular flexibility index (Phi) is 6.57. The van der Waals surface area contributed by atoms with E-state index >= 15 is 0 Å². The molecule has 138 valence electrons. The maximum atomic E-state index is 12.1. The molecule has 0 radical (unpaired) electrons. The number of rotatable bonds is 4.